The Kier molecular flexibility index (Phi) is 5.82. The highest BCUT2D eigenvalue weighted by atomic mass is 35.5. The van der Waals surface area contributed by atoms with Crippen molar-refractivity contribution in [1.29, 1.82) is 5.26 Å². The zero-order valence-corrected chi connectivity index (χ0v) is 17.5. The van der Waals surface area contributed by atoms with E-state index >= 15 is 0 Å². The summed E-state index contributed by atoms with van der Waals surface area (Å²) in [5.74, 6) is -0.295. The first-order chi connectivity index (χ1) is 14.5. The molecule has 2 N–H and O–H groups in total. The van der Waals surface area contributed by atoms with Gasteiger partial charge in [0, 0.05) is 43.0 Å². The zero-order valence-electron chi connectivity index (χ0n) is 16.7. The normalized spacial score (nSPS) is 19.2. The van der Waals surface area contributed by atoms with Crippen LogP contribution in [0.5, 0.6) is 5.75 Å². The van der Waals surface area contributed by atoms with Crippen LogP contribution in [0, 0.1) is 18.3 Å². The van der Waals surface area contributed by atoms with E-state index in [0.29, 0.717) is 41.7 Å². The number of halogens is 1. The Labute approximate surface area is 179 Å². The molecule has 0 unspecified atom stereocenters. The molecule has 3 heterocycles. The van der Waals surface area contributed by atoms with E-state index in [0.717, 1.165) is 25.3 Å². The Morgan fingerprint density at radius 2 is 2.00 bits per heavy atom. The number of rotatable bonds is 4. The number of hydrogen-bond acceptors (Lipinski definition) is 6. The van der Waals surface area contributed by atoms with Gasteiger partial charge in [0.2, 0.25) is 5.88 Å². The average Bonchev–Trinajstić information content (AvgIpc) is 2.74. The first kappa shape index (κ1) is 20.5. The molecule has 1 atom stereocenters. The smallest absolute Gasteiger partial charge is 0.258 e. The van der Waals surface area contributed by atoms with Crippen LogP contribution in [0.25, 0.3) is 0 Å². The van der Waals surface area contributed by atoms with Crippen molar-refractivity contribution < 1.29 is 9.47 Å². The van der Waals surface area contributed by atoms with Crippen LogP contribution in [-0.4, -0.2) is 42.3 Å². The number of allylic oxidation sites excluding steroid dienone is 1. The Balaban J connectivity index is 1.80. The third-order valence-electron chi connectivity index (χ3n) is 5.65. The van der Waals surface area contributed by atoms with E-state index in [2.05, 4.69) is 11.0 Å². The van der Waals surface area contributed by atoms with Gasteiger partial charge in [0.25, 0.3) is 5.56 Å². The molecule has 1 aromatic carbocycles. The summed E-state index contributed by atoms with van der Waals surface area (Å²) in [6, 6.07) is 11.1. The molecule has 2 aromatic rings. The van der Waals surface area contributed by atoms with Crippen LogP contribution in [-0.2, 0) is 11.3 Å². The van der Waals surface area contributed by atoms with Gasteiger partial charge >= 0.3 is 0 Å². The van der Waals surface area contributed by atoms with Gasteiger partial charge in [0.15, 0.2) is 0 Å². The maximum absolute atomic E-state index is 13.6. The highest BCUT2D eigenvalue weighted by Gasteiger charge is 2.35. The molecule has 4 rings (SSSR count). The van der Waals surface area contributed by atoms with E-state index in [4.69, 9.17) is 26.8 Å². The van der Waals surface area contributed by atoms with Gasteiger partial charge in [-0.2, -0.15) is 5.26 Å². The molecule has 8 heteroatoms. The second-order valence-electron chi connectivity index (χ2n) is 7.42. The highest BCUT2D eigenvalue weighted by molar-refractivity contribution is 6.31. The van der Waals surface area contributed by atoms with Crippen LogP contribution in [0.15, 0.2) is 46.6 Å². The van der Waals surface area contributed by atoms with Gasteiger partial charge in [0.1, 0.15) is 17.4 Å². The molecule has 1 saturated heterocycles. The first-order valence-electron chi connectivity index (χ1n) is 9.87. The van der Waals surface area contributed by atoms with E-state index in [-0.39, 0.29) is 17.0 Å². The lowest BCUT2D eigenvalue weighted by atomic mass is 9.84. The minimum absolute atomic E-state index is 0.000198. The average molecular weight is 427 g/mol. The summed E-state index contributed by atoms with van der Waals surface area (Å²) < 4.78 is 12.8. The largest absolute Gasteiger partial charge is 0.440 e. The number of hydrogen-bond donors (Lipinski definition) is 1. The minimum atomic E-state index is -0.671. The van der Waals surface area contributed by atoms with Crippen LogP contribution in [0.1, 0.15) is 22.7 Å². The molecule has 0 spiro atoms. The summed E-state index contributed by atoms with van der Waals surface area (Å²) in [5, 5.41) is 10.2. The predicted molar refractivity (Wildman–Crippen MR) is 113 cm³/mol. The van der Waals surface area contributed by atoms with Crippen LogP contribution < -0.4 is 16.0 Å². The summed E-state index contributed by atoms with van der Waals surface area (Å²) in [7, 11) is 0. The van der Waals surface area contributed by atoms with Crippen LogP contribution >= 0.6 is 11.6 Å². The highest BCUT2D eigenvalue weighted by Crippen LogP contribution is 2.42. The van der Waals surface area contributed by atoms with Crippen LogP contribution in [0.2, 0.25) is 5.02 Å². The van der Waals surface area contributed by atoms with Crippen molar-refractivity contribution in [2.45, 2.75) is 19.4 Å². The Hall–Kier alpha value is -2.79. The van der Waals surface area contributed by atoms with E-state index < -0.39 is 5.92 Å². The third kappa shape index (κ3) is 3.70. The SMILES string of the molecule is Cc1cc2c(c(=O)n1CCN1CCOCC1)[C@H](c1ccccc1Cl)C(C#N)=C(N)O2. The van der Waals surface area contributed by atoms with Crippen molar-refractivity contribution in [1.82, 2.24) is 9.47 Å². The third-order valence-corrected chi connectivity index (χ3v) is 5.99. The molecule has 0 aliphatic carbocycles. The lowest BCUT2D eigenvalue weighted by Gasteiger charge is -2.29. The van der Waals surface area contributed by atoms with Crippen LogP contribution in [0.4, 0.5) is 0 Å². The van der Waals surface area contributed by atoms with Crippen molar-refractivity contribution in [3.8, 4) is 11.8 Å². The molecule has 2 aliphatic rings. The number of pyridine rings is 1. The first-order valence-corrected chi connectivity index (χ1v) is 10.3. The number of aromatic nitrogens is 1. The van der Waals surface area contributed by atoms with Crippen molar-refractivity contribution >= 4 is 11.6 Å². The Bertz CT molecular complexity index is 1100. The molecule has 1 aromatic heterocycles. The van der Waals surface area contributed by atoms with Gasteiger partial charge in [-0.25, -0.2) is 0 Å². The van der Waals surface area contributed by atoms with Gasteiger partial charge in [-0.05, 0) is 18.6 Å². The molecule has 30 heavy (non-hydrogen) atoms. The summed E-state index contributed by atoms with van der Waals surface area (Å²) >= 11 is 6.44. The number of morpholine rings is 1. The van der Waals surface area contributed by atoms with Crippen molar-refractivity contribution in [3.63, 3.8) is 0 Å². The number of fused-ring (bicyclic) bond motifs is 1. The van der Waals surface area contributed by atoms with Gasteiger partial charge in [-0.1, -0.05) is 29.8 Å². The molecule has 0 saturated carbocycles. The molecular weight excluding hydrogens is 404 g/mol. The summed E-state index contributed by atoms with van der Waals surface area (Å²) in [6.45, 7) is 6.25. The van der Waals surface area contributed by atoms with Crippen molar-refractivity contribution in [2.75, 3.05) is 32.8 Å². The standard InChI is InChI=1S/C22H23ClN4O3/c1-14-12-18-20(22(28)27(14)7-6-26-8-10-29-11-9-26)19(16(13-24)21(25)30-18)15-4-2-3-5-17(15)23/h2-5,12,19H,6-11,25H2,1H3/t19-/m1/s1. The fraction of sp³-hybridized carbons (Fsp3) is 0.364. The topological polar surface area (TPSA) is 93.5 Å². The van der Waals surface area contributed by atoms with Crippen molar-refractivity contribution in [2.24, 2.45) is 5.73 Å². The van der Waals surface area contributed by atoms with Gasteiger partial charge in [-0.3, -0.25) is 9.69 Å². The van der Waals surface area contributed by atoms with E-state index in [9.17, 15) is 10.1 Å². The maximum Gasteiger partial charge on any atom is 0.258 e. The summed E-state index contributed by atoms with van der Waals surface area (Å²) in [4.78, 5) is 15.9. The molecular formula is C22H23ClN4O3. The predicted octanol–water partition coefficient (Wildman–Crippen LogP) is 2.36. The number of aryl methyl sites for hydroxylation is 1. The molecule has 1 fully saturated rings. The fourth-order valence-electron chi connectivity index (χ4n) is 4.05. The summed E-state index contributed by atoms with van der Waals surface area (Å²) in [5.41, 5.74) is 7.86. The number of nitrogens with two attached hydrogens (primary N) is 1. The van der Waals surface area contributed by atoms with Gasteiger partial charge < -0.3 is 19.8 Å². The van der Waals surface area contributed by atoms with E-state index in [1.807, 2.05) is 19.1 Å². The molecule has 2 aliphatic heterocycles. The number of nitriles is 1. The lowest BCUT2D eigenvalue weighted by Crippen LogP contribution is -2.40. The second-order valence-corrected chi connectivity index (χ2v) is 7.83. The minimum Gasteiger partial charge on any atom is -0.440 e. The Morgan fingerprint density at radius 1 is 1.27 bits per heavy atom. The number of ether oxygens (including phenoxy) is 2. The monoisotopic (exact) mass is 426 g/mol. The molecule has 7 nitrogen and oxygen atoms in total. The Morgan fingerprint density at radius 3 is 2.70 bits per heavy atom. The van der Waals surface area contributed by atoms with E-state index in [1.54, 1.807) is 22.8 Å². The van der Waals surface area contributed by atoms with Gasteiger partial charge in [0.05, 0.1) is 24.7 Å². The molecule has 0 bridgehead atoms. The zero-order chi connectivity index (χ0) is 21.3. The molecule has 0 radical (unpaired) electrons. The number of nitrogens with zero attached hydrogens (tertiary/aromatic N) is 3. The number of benzene rings is 1. The summed E-state index contributed by atoms with van der Waals surface area (Å²) in [6.07, 6.45) is 0. The fourth-order valence-corrected chi connectivity index (χ4v) is 4.30. The second kappa shape index (κ2) is 8.52. The van der Waals surface area contributed by atoms with E-state index in [1.165, 1.54) is 0 Å². The van der Waals surface area contributed by atoms with Gasteiger partial charge in [-0.15, -0.1) is 0 Å². The molecule has 156 valence electrons. The maximum atomic E-state index is 13.6. The quantitative estimate of drug-likeness (QED) is 0.806. The van der Waals surface area contributed by atoms with Crippen LogP contribution in [0.3, 0.4) is 0 Å². The van der Waals surface area contributed by atoms with Crippen molar-refractivity contribution in [3.05, 3.63) is 74.0 Å². The lowest BCUT2D eigenvalue weighted by molar-refractivity contribution is 0.0362. The molecule has 0 amide bonds.